The predicted octanol–water partition coefficient (Wildman–Crippen LogP) is 5.37. The second-order valence-electron chi connectivity index (χ2n) is 9.97. The van der Waals surface area contributed by atoms with Gasteiger partial charge in [-0.05, 0) is 30.3 Å². The zero-order valence-electron chi connectivity index (χ0n) is 26.6. The molecule has 0 radical (unpaired) electrons. The van der Waals surface area contributed by atoms with E-state index in [1.165, 1.54) is 28.4 Å². The third kappa shape index (κ3) is 8.24. The van der Waals surface area contributed by atoms with Crippen molar-refractivity contribution < 1.29 is 40.9 Å². The van der Waals surface area contributed by atoms with Crippen molar-refractivity contribution in [1.82, 2.24) is 15.3 Å². The second kappa shape index (κ2) is 15.7. The summed E-state index contributed by atoms with van der Waals surface area (Å²) in [6, 6.07) is 11.6. The summed E-state index contributed by atoms with van der Waals surface area (Å²) < 4.78 is 79.5. The lowest BCUT2D eigenvalue weighted by atomic mass is 10.2. The normalized spacial score (nSPS) is 11.0. The molecule has 0 aliphatic carbocycles. The third-order valence-electron chi connectivity index (χ3n) is 6.98. The quantitative estimate of drug-likeness (QED) is 0.175. The van der Waals surface area contributed by atoms with Crippen LogP contribution in [0.2, 0.25) is 5.02 Å². The van der Waals surface area contributed by atoms with E-state index in [9.17, 15) is 17.6 Å². The van der Waals surface area contributed by atoms with E-state index < -0.39 is 45.1 Å². The smallest absolute Gasteiger partial charge is 0.406 e. The highest BCUT2D eigenvalue weighted by Crippen LogP contribution is 2.37. The number of halogens is 3. The van der Waals surface area contributed by atoms with Crippen LogP contribution in [0.25, 0.3) is 0 Å². The van der Waals surface area contributed by atoms with Crippen molar-refractivity contribution >= 4 is 50.7 Å². The summed E-state index contributed by atoms with van der Waals surface area (Å²) in [5.41, 5.74) is 1.45. The number of ether oxygens (including phenoxy) is 4. The van der Waals surface area contributed by atoms with Gasteiger partial charge in [-0.1, -0.05) is 11.6 Å². The highest BCUT2D eigenvalue weighted by Gasteiger charge is 2.32. The molecular weight excluding hydrogens is 674 g/mol. The number of rotatable bonds is 14. The fourth-order valence-corrected chi connectivity index (χ4v) is 6.15. The fraction of sp³-hybridized carbons (Fsp3) is 0.258. The largest absolute Gasteiger partial charge is 0.497 e. The first-order chi connectivity index (χ1) is 22.9. The Bertz CT molecular complexity index is 1870. The molecule has 4 aromatic rings. The highest BCUT2D eigenvalue weighted by atomic mass is 35.5. The van der Waals surface area contributed by atoms with Crippen molar-refractivity contribution in [3.63, 3.8) is 0 Å². The SMILES string of the molecule is CNC(=O)OCCN(C)c1cc(OC)ccc1Nc1cc(F)c(S(=O)(=O)N(Cc2ccc(OC)cc2OC)c2ncc(F)cn2)cc1Cl. The van der Waals surface area contributed by atoms with Gasteiger partial charge in [-0.25, -0.2) is 36.3 Å². The number of carbonyl (C=O) groups excluding carboxylic acids is 1. The van der Waals surface area contributed by atoms with Crippen LogP contribution in [0.1, 0.15) is 5.56 Å². The molecule has 1 amide bonds. The van der Waals surface area contributed by atoms with E-state index >= 15 is 4.39 Å². The molecule has 0 aliphatic rings. The Morgan fingerprint density at radius 2 is 1.60 bits per heavy atom. The molecule has 48 heavy (non-hydrogen) atoms. The lowest BCUT2D eigenvalue weighted by Crippen LogP contribution is -2.33. The summed E-state index contributed by atoms with van der Waals surface area (Å²) in [5, 5.41) is 5.28. The van der Waals surface area contributed by atoms with E-state index in [1.807, 2.05) is 0 Å². The molecule has 0 saturated heterocycles. The predicted molar refractivity (Wildman–Crippen MR) is 176 cm³/mol. The number of aromatic nitrogens is 2. The molecule has 0 atom stereocenters. The summed E-state index contributed by atoms with van der Waals surface area (Å²) in [4.78, 5) is 20.1. The molecule has 0 spiro atoms. The van der Waals surface area contributed by atoms with E-state index in [0.717, 1.165) is 28.8 Å². The molecule has 3 aromatic carbocycles. The number of anilines is 4. The number of nitrogens with one attached hydrogen (secondary N) is 2. The Morgan fingerprint density at radius 3 is 2.25 bits per heavy atom. The van der Waals surface area contributed by atoms with E-state index in [4.69, 9.17) is 30.5 Å². The van der Waals surface area contributed by atoms with Crippen molar-refractivity contribution in [1.29, 1.82) is 0 Å². The van der Waals surface area contributed by atoms with E-state index in [2.05, 4.69) is 20.6 Å². The highest BCUT2D eigenvalue weighted by molar-refractivity contribution is 7.92. The molecule has 0 fully saturated rings. The van der Waals surface area contributed by atoms with Crippen molar-refractivity contribution in [2.75, 3.05) is 63.1 Å². The number of hydrogen-bond donors (Lipinski definition) is 2. The van der Waals surface area contributed by atoms with Gasteiger partial charge in [0.1, 0.15) is 34.6 Å². The Kier molecular flexibility index (Phi) is 11.7. The molecule has 0 aliphatic heterocycles. The van der Waals surface area contributed by atoms with Gasteiger partial charge in [-0.15, -0.1) is 0 Å². The Hall–Kier alpha value is -5.09. The van der Waals surface area contributed by atoms with Crippen LogP contribution in [-0.4, -0.2) is 73.1 Å². The Balaban J connectivity index is 1.71. The molecule has 256 valence electrons. The van der Waals surface area contributed by atoms with Gasteiger partial charge in [0, 0.05) is 37.9 Å². The van der Waals surface area contributed by atoms with Crippen molar-refractivity contribution in [3.05, 3.63) is 83.1 Å². The minimum absolute atomic E-state index is 0.0518. The van der Waals surface area contributed by atoms with Gasteiger partial charge in [0.15, 0.2) is 5.82 Å². The minimum atomic E-state index is -4.76. The number of alkyl carbamates (subject to hydrolysis) is 1. The number of likely N-dealkylation sites (N-methyl/N-ethyl adjacent to an activating group) is 1. The van der Waals surface area contributed by atoms with Crippen LogP contribution in [0.15, 0.2) is 65.8 Å². The van der Waals surface area contributed by atoms with Crippen LogP contribution < -0.4 is 34.0 Å². The first-order valence-electron chi connectivity index (χ1n) is 14.1. The maximum absolute atomic E-state index is 15.9. The van der Waals surface area contributed by atoms with E-state index in [1.54, 1.807) is 48.3 Å². The van der Waals surface area contributed by atoms with E-state index in [-0.39, 0.29) is 29.6 Å². The second-order valence-corrected chi connectivity index (χ2v) is 12.2. The van der Waals surface area contributed by atoms with Crippen LogP contribution in [0.5, 0.6) is 17.2 Å². The third-order valence-corrected chi connectivity index (χ3v) is 9.03. The van der Waals surface area contributed by atoms with Crippen molar-refractivity contribution in [2.24, 2.45) is 0 Å². The Morgan fingerprint density at radius 1 is 0.938 bits per heavy atom. The number of carbonyl (C=O) groups is 1. The van der Waals surface area contributed by atoms with Gasteiger partial charge in [-0.2, -0.15) is 0 Å². The summed E-state index contributed by atoms with van der Waals surface area (Å²) in [6.07, 6.45) is 0.999. The van der Waals surface area contributed by atoms with Gasteiger partial charge < -0.3 is 34.5 Å². The molecular formula is C31H33ClF2N6O7S. The lowest BCUT2D eigenvalue weighted by molar-refractivity contribution is 0.151. The average molecular weight is 707 g/mol. The number of amides is 1. The zero-order valence-corrected chi connectivity index (χ0v) is 28.2. The van der Waals surface area contributed by atoms with Gasteiger partial charge in [0.05, 0.1) is 68.9 Å². The summed E-state index contributed by atoms with van der Waals surface area (Å²) >= 11 is 6.57. The molecule has 0 unspecified atom stereocenters. The van der Waals surface area contributed by atoms with E-state index in [0.29, 0.717) is 28.4 Å². The van der Waals surface area contributed by atoms with Crippen LogP contribution in [-0.2, 0) is 21.3 Å². The van der Waals surface area contributed by atoms with Gasteiger partial charge in [0.25, 0.3) is 10.0 Å². The molecule has 0 bridgehead atoms. The zero-order chi connectivity index (χ0) is 35.0. The van der Waals surface area contributed by atoms with Crippen molar-refractivity contribution in [3.8, 4) is 17.2 Å². The summed E-state index contributed by atoms with van der Waals surface area (Å²) in [6.45, 7) is -0.0659. The average Bonchev–Trinajstić information content (AvgIpc) is 3.08. The standard InChI is InChI=1S/C31H33ClF2N6O7S/c1-35-31(41)47-11-10-39(2)27-12-21(44-3)8-9-25(27)38-26-15-24(34)29(14-23(26)32)48(42,43)40(30-36-16-20(33)17-37-30)18-19-6-7-22(45-4)13-28(19)46-5/h6-9,12-17,38H,10-11,18H2,1-5H3,(H,35,41). The molecule has 2 N–H and O–H groups in total. The van der Waals surface area contributed by atoms with Crippen LogP contribution >= 0.6 is 11.6 Å². The summed E-state index contributed by atoms with van der Waals surface area (Å²) in [5.74, 6) is -1.12. The number of methoxy groups -OCH3 is 3. The number of nitrogens with zero attached hydrogens (tertiary/aromatic N) is 4. The lowest BCUT2D eigenvalue weighted by Gasteiger charge is -2.25. The topological polar surface area (TPSA) is 144 Å². The van der Waals surface area contributed by atoms with Gasteiger partial charge in [0.2, 0.25) is 5.95 Å². The molecule has 1 aromatic heterocycles. The van der Waals surface area contributed by atoms with Gasteiger partial charge in [-0.3, -0.25) is 0 Å². The van der Waals surface area contributed by atoms with Gasteiger partial charge >= 0.3 is 6.09 Å². The van der Waals surface area contributed by atoms with Crippen LogP contribution in [0, 0.1) is 11.6 Å². The first kappa shape index (κ1) is 35.8. The van der Waals surface area contributed by atoms with Crippen molar-refractivity contribution in [2.45, 2.75) is 11.4 Å². The first-order valence-corrected chi connectivity index (χ1v) is 15.9. The summed E-state index contributed by atoms with van der Waals surface area (Å²) in [7, 11) is 2.78. The molecule has 13 nitrogen and oxygen atoms in total. The Labute approximate surface area is 281 Å². The minimum Gasteiger partial charge on any atom is -0.497 e. The number of benzene rings is 3. The number of sulfonamides is 1. The molecule has 1 heterocycles. The van der Waals surface area contributed by atoms with Crippen LogP contribution in [0.3, 0.4) is 0 Å². The maximum Gasteiger partial charge on any atom is 0.406 e. The molecule has 0 saturated carbocycles. The number of hydrogen-bond acceptors (Lipinski definition) is 11. The van der Waals surface area contributed by atoms with Crippen LogP contribution in [0.4, 0.5) is 36.6 Å². The maximum atomic E-state index is 15.9. The molecule has 4 rings (SSSR count). The fourth-order valence-electron chi connectivity index (χ4n) is 4.45. The molecule has 17 heteroatoms. The monoisotopic (exact) mass is 706 g/mol.